The molecular weight excluding hydrogens is 240 g/mol. The summed E-state index contributed by atoms with van der Waals surface area (Å²) in [6.45, 7) is 7.39. The van der Waals surface area contributed by atoms with E-state index in [9.17, 15) is 5.11 Å². The van der Waals surface area contributed by atoms with Crippen LogP contribution < -0.4 is 9.47 Å². The molecule has 0 saturated heterocycles. The Hall–Kier alpha value is -1.22. The van der Waals surface area contributed by atoms with Crippen LogP contribution in [0.4, 0.5) is 0 Å². The van der Waals surface area contributed by atoms with Gasteiger partial charge in [-0.3, -0.25) is 0 Å². The predicted octanol–water partition coefficient (Wildman–Crippen LogP) is 4.10. The fourth-order valence-corrected chi connectivity index (χ4v) is 1.89. The molecule has 108 valence electrons. The van der Waals surface area contributed by atoms with Gasteiger partial charge in [0.2, 0.25) is 0 Å². The highest BCUT2D eigenvalue weighted by atomic mass is 16.5. The lowest BCUT2D eigenvalue weighted by molar-refractivity contribution is 0.172. The molecule has 1 aromatic carbocycles. The minimum Gasteiger partial charge on any atom is -0.490 e. The van der Waals surface area contributed by atoms with Crippen LogP contribution in [0.2, 0.25) is 0 Å². The molecule has 19 heavy (non-hydrogen) atoms. The fraction of sp³-hybridized carbons (Fsp3) is 0.625. The number of benzene rings is 1. The van der Waals surface area contributed by atoms with E-state index >= 15 is 0 Å². The molecule has 1 atom stereocenters. The van der Waals surface area contributed by atoms with Gasteiger partial charge in [0, 0.05) is 0 Å². The molecule has 0 saturated carbocycles. The third-order valence-corrected chi connectivity index (χ3v) is 3.04. The van der Waals surface area contributed by atoms with E-state index < -0.39 is 6.10 Å². The quantitative estimate of drug-likeness (QED) is 0.684. The molecule has 0 bridgehead atoms. The topological polar surface area (TPSA) is 38.7 Å². The van der Waals surface area contributed by atoms with Crippen LogP contribution in [0.25, 0.3) is 0 Å². The largest absolute Gasteiger partial charge is 0.490 e. The van der Waals surface area contributed by atoms with Crippen molar-refractivity contribution >= 4 is 0 Å². The summed E-state index contributed by atoms with van der Waals surface area (Å²) in [6, 6.07) is 5.68. The average molecular weight is 266 g/mol. The summed E-state index contributed by atoms with van der Waals surface area (Å²) in [5.74, 6) is 1.49. The molecular formula is C16H26O3. The molecule has 1 N–H and O–H groups in total. The van der Waals surface area contributed by atoms with E-state index in [2.05, 4.69) is 6.92 Å². The number of aliphatic hydroxyl groups excluding tert-OH is 1. The van der Waals surface area contributed by atoms with Gasteiger partial charge in [-0.25, -0.2) is 0 Å². The first-order valence-corrected chi connectivity index (χ1v) is 7.30. The Morgan fingerprint density at radius 3 is 2.47 bits per heavy atom. The molecule has 3 nitrogen and oxygen atoms in total. The van der Waals surface area contributed by atoms with Gasteiger partial charge in [-0.1, -0.05) is 32.8 Å². The monoisotopic (exact) mass is 266 g/mol. The van der Waals surface area contributed by atoms with Crippen LogP contribution in [0.3, 0.4) is 0 Å². The maximum absolute atomic E-state index is 9.86. The third kappa shape index (κ3) is 5.11. The second-order valence-electron chi connectivity index (χ2n) is 4.62. The number of hydrogen-bond acceptors (Lipinski definition) is 3. The van der Waals surface area contributed by atoms with Crippen LogP contribution in [0.15, 0.2) is 18.2 Å². The minimum atomic E-state index is -0.437. The molecule has 0 heterocycles. The molecule has 1 aromatic rings. The van der Waals surface area contributed by atoms with Crippen molar-refractivity contribution in [3.63, 3.8) is 0 Å². The summed E-state index contributed by atoms with van der Waals surface area (Å²) in [6.07, 6.45) is 3.68. The number of unbranched alkanes of at least 4 members (excludes halogenated alkanes) is 2. The van der Waals surface area contributed by atoms with Crippen molar-refractivity contribution < 1.29 is 14.6 Å². The summed E-state index contributed by atoms with van der Waals surface area (Å²) in [5.41, 5.74) is 0.881. The van der Waals surface area contributed by atoms with Gasteiger partial charge >= 0.3 is 0 Å². The smallest absolute Gasteiger partial charge is 0.161 e. The molecule has 0 aromatic heterocycles. The highest BCUT2D eigenvalue weighted by Crippen LogP contribution is 2.31. The van der Waals surface area contributed by atoms with Crippen molar-refractivity contribution in [2.75, 3.05) is 13.2 Å². The van der Waals surface area contributed by atoms with E-state index in [0.29, 0.717) is 19.6 Å². The molecule has 3 heteroatoms. The maximum Gasteiger partial charge on any atom is 0.161 e. The van der Waals surface area contributed by atoms with Crippen molar-refractivity contribution in [1.82, 2.24) is 0 Å². The highest BCUT2D eigenvalue weighted by Gasteiger charge is 2.10. The third-order valence-electron chi connectivity index (χ3n) is 3.04. The van der Waals surface area contributed by atoms with E-state index in [1.807, 2.05) is 32.0 Å². The normalized spacial score (nSPS) is 12.2. The molecule has 0 radical (unpaired) electrons. The zero-order valence-electron chi connectivity index (χ0n) is 12.3. The van der Waals surface area contributed by atoms with Gasteiger partial charge in [0.15, 0.2) is 11.5 Å². The summed E-state index contributed by atoms with van der Waals surface area (Å²) in [5, 5.41) is 9.86. The zero-order valence-corrected chi connectivity index (χ0v) is 12.3. The van der Waals surface area contributed by atoms with Crippen LogP contribution in [0, 0.1) is 0 Å². The van der Waals surface area contributed by atoms with Crippen molar-refractivity contribution in [2.45, 2.75) is 52.6 Å². The lowest BCUT2D eigenvalue weighted by Crippen LogP contribution is -2.03. The Morgan fingerprint density at radius 2 is 1.84 bits per heavy atom. The number of ether oxygens (including phenoxy) is 2. The van der Waals surface area contributed by atoms with Crippen LogP contribution >= 0.6 is 0 Å². The molecule has 1 rings (SSSR count). The fourth-order valence-electron chi connectivity index (χ4n) is 1.89. The highest BCUT2D eigenvalue weighted by molar-refractivity contribution is 5.43. The first kappa shape index (κ1) is 15.8. The van der Waals surface area contributed by atoms with E-state index in [0.717, 1.165) is 23.5 Å². The van der Waals surface area contributed by atoms with E-state index in [4.69, 9.17) is 9.47 Å². The van der Waals surface area contributed by atoms with Gasteiger partial charge < -0.3 is 14.6 Å². The molecule has 0 aliphatic heterocycles. The Bertz CT molecular complexity index is 363. The SMILES string of the molecule is CCCCCOc1ccc(C(O)CC)cc1OCC. The second kappa shape index (κ2) is 8.81. The van der Waals surface area contributed by atoms with Crippen LogP contribution in [-0.2, 0) is 0 Å². The van der Waals surface area contributed by atoms with E-state index in [1.54, 1.807) is 0 Å². The summed E-state index contributed by atoms with van der Waals surface area (Å²) in [4.78, 5) is 0. The van der Waals surface area contributed by atoms with Crippen LogP contribution in [-0.4, -0.2) is 18.3 Å². The predicted molar refractivity (Wildman–Crippen MR) is 77.9 cm³/mol. The van der Waals surface area contributed by atoms with Gasteiger partial charge in [0.25, 0.3) is 0 Å². The van der Waals surface area contributed by atoms with Gasteiger partial charge in [-0.15, -0.1) is 0 Å². The van der Waals surface area contributed by atoms with Gasteiger partial charge in [-0.2, -0.15) is 0 Å². The van der Waals surface area contributed by atoms with Gasteiger partial charge in [-0.05, 0) is 37.5 Å². The summed E-state index contributed by atoms with van der Waals surface area (Å²) >= 11 is 0. The Morgan fingerprint density at radius 1 is 1.05 bits per heavy atom. The molecule has 0 amide bonds. The van der Waals surface area contributed by atoms with Gasteiger partial charge in [0.05, 0.1) is 19.3 Å². The van der Waals surface area contributed by atoms with Crippen LogP contribution in [0.5, 0.6) is 11.5 Å². The Kier molecular flexibility index (Phi) is 7.34. The number of hydrogen-bond donors (Lipinski definition) is 1. The van der Waals surface area contributed by atoms with Crippen molar-refractivity contribution in [1.29, 1.82) is 0 Å². The molecule has 0 aliphatic rings. The molecule has 0 aliphatic carbocycles. The summed E-state index contributed by atoms with van der Waals surface area (Å²) in [7, 11) is 0. The number of rotatable bonds is 9. The molecule has 0 spiro atoms. The zero-order chi connectivity index (χ0) is 14.1. The lowest BCUT2D eigenvalue weighted by atomic mass is 10.1. The first-order valence-electron chi connectivity index (χ1n) is 7.30. The summed E-state index contributed by atoms with van der Waals surface area (Å²) < 4.78 is 11.3. The first-order chi connectivity index (χ1) is 9.22. The van der Waals surface area contributed by atoms with E-state index in [1.165, 1.54) is 12.8 Å². The molecule has 0 fully saturated rings. The maximum atomic E-state index is 9.86. The molecule has 1 unspecified atom stereocenters. The standard InChI is InChI=1S/C16H26O3/c1-4-7-8-11-19-15-10-9-13(14(17)5-2)12-16(15)18-6-3/h9-10,12,14,17H,4-8,11H2,1-3H3. The lowest BCUT2D eigenvalue weighted by Gasteiger charge is -2.15. The average Bonchev–Trinajstić information content (AvgIpc) is 2.44. The Balaban J connectivity index is 2.73. The minimum absolute atomic E-state index is 0.437. The van der Waals surface area contributed by atoms with Crippen molar-refractivity contribution in [3.05, 3.63) is 23.8 Å². The second-order valence-corrected chi connectivity index (χ2v) is 4.62. The van der Waals surface area contributed by atoms with Crippen LogP contribution in [0.1, 0.15) is 58.1 Å². The van der Waals surface area contributed by atoms with E-state index in [-0.39, 0.29) is 0 Å². The van der Waals surface area contributed by atoms with Crippen molar-refractivity contribution in [2.24, 2.45) is 0 Å². The van der Waals surface area contributed by atoms with Crippen molar-refractivity contribution in [3.8, 4) is 11.5 Å². The Labute approximate surface area is 116 Å². The number of aliphatic hydroxyl groups is 1. The van der Waals surface area contributed by atoms with Gasteiger partial charge in [0.1, 0.15) is 0 Å².